The fourth-order valence-corrected chi connectivity index (χ4v) is 7.15. The van der Waals surface area contributed by atoms with Crippen LogP contribution in [-0.4, -0.2) is 6.71 Å². The lowest BCUT2D eigenvalue weighted by molar-refractivity contribution is 1.14. The third-order valence-corrected chi connectivity index (χ3v) is 8.74. The smallest absolute Gasteiger partial charge is 0.0667 e. The molecule has 8 rings (SSSR count). The molecule has 164 valence electrons. The number of fused-ring (bicyclic) bond motifs is 7. The maximum atomic E-state index is 2.43. The van der Waals surface area contributed by atoms with E-state index in [2.05, 4.69) is 104 Å². The van der Waals surface area contributed by atoms with Gasteiger partial charge in [0.25, 0.3) is 0 Å². The van der Waals surface area contributed by atoms with Gasteiger partial charge in [-0.15, -0.1) is 0 Å². The maximum Gasteiger partial charge on any atom is 0.242 e. The molecule has 0 fully saturated rings. The van der Waals surface area contributed by atoms with E-state index in [0.717, 1.165) is 19.3 Å². The van der Waals surface area contributed by atoms with Crippen LogP contribution in [-0.2, 0) is 19.3 Å². The molecule has 0 atom stereocenters. The monoisotopic (exact) mass is 444 g/mol. The van der Waals surface area contributed by atoms with Gasteiger partial charge in [0.05, 0.1) is 0 Å². The summed E-state index contributed by atoms with van der Waals surface area (Å²) in [7, 11) is 0. The van der Waals surface area contributed by atoms with Gasteiger partial charge in [0.15, 0.2) is 0 Å². The first-order valence-electron chi connectivity index (χ1n) is 12.8. The molecule has 0 unspecified atom stereocenters. The molecule has 35 heavy (non-hydrogen) atoms. The Bertz CT molecular complexity index is 1680. The number of hydrogen-bond donors (Lipinski definition) is 0. The Morgan fingerprint density at radius 3 is 1.80 bits per heavy atom. The highest BCUT2D eigenvalue weighted by atomic mass is 14.3. The highest BCUT2D eigenvalue weighted by Gasteiger charge is 2.38. The summed E-state index contributed by atoms with van der Waals surface area (Å²) in [4.78, 5) is 0. The van der Waals surface area contributed by atoms with Gasteiger partial charge in [-0.3, -0.25) is 0 Å². The second-order valence-electron chi connectivity index (χ2n) is 10.5. The van der Waals surface area contributed by atoms with E-state index >= 15 is 0 Å². The summed E-state index contributed by atoms with van der Waals surface area (Å²) in [6.07, 6.45) is 3.09. The molecule has 0 spiro atoms. The van der Waals surface area contributed by atoms with Crippen LogP contribution in [0, 0.1) is 6.92 Å². The predicted molar refractivity (Wildman–Crippen MR) is 148 cm³/mol. The first kappa shape index (κ1) is 19.5. The van der Waals surface area contributed by atoms with Gasteiger partial charge < -0.3 is 0 Å². The number of rotatable bonds is 1. The summed E-state index contributed by atoms with van der Waals surface area (Å²) in [6, 6.07) is 36.8. The van der Waals surface area contributed by atoms with Crippen LogP contribution in [0.15, 0.2) is 97.1 Å². The first-order chi connectivity index (χ1) is 17.3. The molecule has 1 heteroatoms. The van der Waals surface area contributed by atoms with Crippen molar-refractivity contribution in [2.24, 2.45) is 0 Å². The zero-order valence-corrected chi connectivity index (χ0v) is 19.9. The van der Waals surface area contributed by atoms with Crippen molar-refractivity contribution >= 4 is 23.1 Å². The average Bonchev–Trinajstić information content (AvgIpc) is 3.29. The van der Waals surface area contributed by atoms with E-state index < -0.39 is 0 Å². The van der Waals surface area contributed by atoms with Crippen LogP contribution in [0.1, 0.15) is 38.9 Å². The molecule has 5 aromatic carbocycles. The Hall–Kier alpha value is -3.84. The Morgan fingerprint density at radius 2 is 1.06 bits per heavy atom. The predicted octanol–water partition coefficient (Wildman–Crippen LogP) is 5.56. The topological polar surface area (TPSA) is 0 Å². The molecule has 0 saturated carbocycles. The standard InChI is InChI=1S/C34H25B/c1-21-8-6-11-25-26-12-7-13-27(30(26)20-29(21)25)28-17-16-24-18-22-9-2-4-14-32(22)35-33-15-5-3-10-23(33)19-31(28)34(24)35/h2-17H,18-20H2,1H3. The Kier molecular flexibility index (Phi) is 3.94. The minimum Gasteiger partial charge on any atom is -0.0667 e. The fourth-order valence-electron chi connectivity index (χ4n) is 7.15. The lowest BCUT2D eigenvalue weighted by atomic mass is 9.30. The van der Waals surface area contributed by atoms with E-state index in [1.54, 1.807) is 11.0 Å². The average molecular weight is 444 g/mol. The lowest BCUT2D eigenvalue weighted by Gasteiger charge is -2.35. The number of benzene rings is 5. The van der Waals surface area contributed by atoms with Gasteiger partial charge in [-0.25, -0.2) is 0 Å². The van der Waals surface area contributed by atoms with Crippen molar-refractivity contribution in [3.05, 3.63) is 136 Å². The van der Waals surface area contributed by atoms with Crippen LogP contribution in [0.5, 0.6) is 0 Å². The molecular formula is C34H25B. The molecule has 0 N–H and O–H groups in total. The number of hydrogen-bond acceptors (Lipinski definition) is 0. The van der Waals surface area contributed by atoms with Gasteiger partial charge in [0.1, 0.15) is 0 Å². The van der Waals surface area contributed by atoms with Crippen LogP contribution < -0.4 is 16.4 Å². The third kappa shape index (κ3) is 2.64. The van der Waals surface area contributed by atoms with E-state index in [1.807, 2.05) is 0 Å². The largest absolute Gasteiger partial charge is 0.242 e. The van der Waals surface area contributed by atoms with E-state index in [0.29, 0.717) is 6.71 Å². The summed E-state index contributed by atoms with van der Waals surface area (Å²) in [5.74, 6) is 0. The zero-order chi connectivity index (χ0) is 23.1. The fraction of sp³-hybridized carbons (Fsp3) is 0.118. The van der Waals surface area contributed by atoms with Crippen LogP contribution in [0.4, 0.5) is 0 Å². The molecule has 0 radical (unpaired) electrons. The number of aryl methyl sites for hydroxylation is 1. The SMILES string of the molecule is Cc1cccc2c1Cc1c-2cccc1-c1ccc2c3c1Cc1ccccc1B3c1ccccc1C2. The van der Waals surface area contributed by atoms with Gasteiger partial charge in [-0.1, -0.05) is 113 Å². The van der Waals surface area contributed by atoms with Crippen molar-refractivity contribution in [1.29, 1.82) is 0 Å². The van der Waals surface area contributed by atoms with E-state index in [1.165, 1.54) is 66.6 Å². The van der Waals surface area contributed by atoms with Gasteiger partial charge in [0, 0.05) is 0 Å². The molecule has 0 nitrogen and oxygen atoms in total. The van der Waals surface area contributed by atoms with Crippen molar-refractivity contribution in [1.82, 2.24) is 0 Å². The molecule has 0 amide bonds. The van der Waals surface area contributed by atoms with Crippen LogP contribution in [0.2, 0.25) is 0 Å². The molecule has 1 aliphatic carbocycles. The molecule has 0 aromatic heterocycles. The minimum atomic E-state index is 0.339. The van der Waals surface area contributed by atoms with Gasteiger partial charge in [-0.05, 0) is 87.4 Å². The zero-order valence-electron chi connectivity index (χ0n) is 19.9. The molecule has 5 aromatic rings. The second-order valence-corrected chi connectivity index (χ2v) is 10.5. The molecule has 3 aliphatic rings. The van der Waals surface area contributed by atoms with Crippen LogP contribution >= 0.6 is 0 Å². The first-order valence-corrected chi connectivity index (χ1v) is 12.8. The van der Waals surface area contributed by atoms with Crippen molar-refractivity contribution in [3.63, 3.8) is 0 Å². The van der Waals surface area contributed by atoms with E-state index in [4.69, 9.17) is 0 Å². The highest BCUT2D eigenvalue weighted by Crippen LogP contribution is 2.44. The van der Waals surface area contributed by atoms with Crippen molar-refractivity contribution in [2.45, 2.75) is 26.2 Å². The molecule has 0 saturated heterocycles. The van der Waals surface area contributed by atoms with E-state index in [9.17, 15) is 0 Å². The highest BCUT2D eigenvalue weighted by molar-refractivity contribution is 6.97. The molecule has 0 bridgehead atoms. The summed E-state index contributed by atoms with van der Waals surface area (Å²) >= 11 is 0. The Labute approximate surface area is 207 Å². The molecular weight excluding hydrogens is 419 g/mol. The van der Waals surface area contributed by atoms with Gasteiger partial charge in [-0.2, -0.15) is 0 Å². The summed E-state index contributed by atoms with van der Waals surface area (Å²) in [5, 5.41) is 0. The third-order valence-electron chi connectivity index (χ3n) is 8.74. The Morgan fingerprint density at radius 1 is 0.457 bits per heavy atom. The Balaban J connectivity index is 1.39. The molecule has 2 heterocycles. The molecule has 2 aliphatic heterocycles. The van der Waals surface area contributed by atoms with E-state index in [-0.39, 0.29) is 0 Å². The van der Waals surface area contributed by atoms with Crippen molar-refractivity contribution < 1.29 is 0 Å². The minimum absolute atomic E-state index is 0.339. The second kappa shape index (κ2) is 7.09. The maximum absolute atomic E-state index is 2.43. The quantitative estimate of drug-likeness (QED) is 0.291. The summed E-state index contributed by atoms with van der Waals surface area (Å²) in [6.45, 7) is 2.59. The van der Waals surface area contributed by atoms with Crippen LogP contribution in [0.25, 0.3) is 22.3 Å². The van der Waals surface area contributed by atoms with Crippen molar-refractivity contribution in [3.8, 4) is 22.3 Å². The summed E-state index contributed by atoms with van der Waals surface area (Å²) < 4.78 is 0. The van der Waals surface area contributed by atoms with Crippen LogP contribution in [0.3, 0.4) is 0 Å². The normalized spacial score (nSPS) is 14.0. The lowest BCUT2D eigenvalue weighted by Crippen LogP contribution is -2.61. The van der Waals surface area contributed by atoms with Gasteiger partial charge in [0.2, 0.25) is 6.71 Å². The van der Waals surface area contributed by atoms with Crippen molar-refractivity contribution in [2.75, 3.05) is 0 Å². The van der Waals surface area contributed by atoms with Gasteiger partial charge >= 0.3 is 0 Å². The summed E-state index contributed by atoms with van der Waals surface area (Å²) in [5.41, 5.74) is 20.7.